The summed E-state index contributed by atoms with van der Waals surface area (Å²) in [7, 11) is -4.42. The number of carbonyl (C=O) groups excluding carboxylic acids is 2. The minimum Gasteiger partial charge on any atom is -0.370 e. The van der Waals surface area contributed by atoms with Crippen molar-refractivity contribution in [1.29, 1.82) is 0 Å². The average Bonchev–Trinajstić information content (AvgIpc) is 2.47. The van der Waals surface area contributed by atoms with Crippen LogP contribution < -0.4 is 11.1 Å². The molecule has 1 saturated heterocycles. The zero-order chi connectivity index (χ0) is 19.0. The van der Waals surface area contributed by atoms with Gasteiger partial charge in [0, 0.05) is 13.1 Å². The SMILES string of the molecule is Cc1ccc(S(=O)(=O)N2CCNC(=O)[C@H]2CC(N)=O)cc1C(F)(F)F. The molecular formula is C14H16F3N3O4S. The van der Waals surface area contributed by atoms with E-state index >= 15 is 0 Å². The second-order valence-corrected chi connectivity index (χ2v) is 7.46. The van der Waals surface area contributed by atoms with E-state index in [1.165, 1.54) is 6.92 Å². The van der Waals surface area contributed by atoms with E-state index in [1.54, 1.807) is 0 Å². The number of hydrogen-bond donors (Lipinski definition) is 2. The molecule has 0 aromatic heterocycles. The largest absolute Gasteiger partial charge is 0.416 e. The molecule has 138 valence electrons. The van der Waals surface area contributed by atoms with Crippen molar-refractivity contribution in [3.63, 3.8) is 0 Å². The van der Waals surface area contributed by atoms with Crippen molar-refractivity contribution in [3.05, 3.63) is 29.3 Å². The van der Waals surface area contributed by atoms with Crippen molar-refractivity contribution >= 4 is 21.8 Å². The number of alkyl halides is 3. The van der Waals surface area contributed by atoms with Crippen molar-refractivity contribution < 1.29 is 31.2 Å². The number of aryl methyl sites for hydroxylation is 1. The summed E-state index contributed by atoms with van der Waals surface area (Å²) in [5.74, 6) is -1.63. The van der Waals surface area contributed by atoms with Crippen LogP contribution in [0.2, 0.25) is 0 Å². The van der Waals surface area contributed by atoms with Gasteiger partial charge in [-0.15, -0.1) is 0 Å². The molecule has 11 heteroatoms. The molecule has 2 amide bonds. The summed E-state index contributed by atoms with van der Waals surface area (Å²) in [5.41, 5.74) is 3.83. The molecule has 0 bridgehead atoms. The number of primary amides is 1. The third kappa shape index (κ3) is 3.93. The van der Waals surface area contributed by atoms with E-state index in [4.69, 9.17) is 5.73 Å². The van der Waals surface area contributed by atoms with Gasteiger partial charge in [-0.1, -0.05) is 6.07 Å². The van der Waals surface area contributed by atoms with Gasteiger partial charge in [-0.25, -0.2) is 8.42 Å². The summed E-state index contributed by atoms with van der Waals surface area (Å²) < 4.78 is 65.3. The van der Waals surface area contributed by atoms with Crippen molar-refractivity contribution in [2.75, 3.05) is 13.1 Å². The first-order chi connectivity index (χ1) is 11.4. The Hall–Kier alpha value is -2.14. The van der Waals surface area contributed by atoms with Crippen LogP contribution in [0.4, 0.5) is 13.2 Å². The Kier molecular flexibility index (Phi) is 5.09. The molecule has 7 nitrogen and oxygen atoms in total. The quantitative estimate of drug-likeness (QED) is 0.788. The summed E-state index contributed by atoms with van der Waals surface area (Å²) in [4.78, 5) is 22.4. The zero-order valence-corrected chi connectivity index (χ0v) is 13.9. The Morgan fingerprint density at radius 2 is 2.04 bits per heavy atom. The molecule has 1 fully saturated rings. The predicted octanol–water partition coefficient (Wildman–Crippen LogP) is 0.378. The number of hydrogen-bond acceptors (Lipinski definition) is 4. The van der Waals surface area contributed by atoms with Crippen LogP contribution in [-0.2, 0) is 25.8 Å². The fraction of sp³-hybridized carbons (Fsp3) is 0.429. The van der Waals surface area contributed by atoms with Crippen LogP contribution in [0.25, 0.3) is 0 Å². The number of nitrogens with two attached hydrogens (primary N) is 1. The molecule has 1 heterocycles. The number of nitrogens with zero attached hydrogens (tertiary/aromatic N) is 1. The van der Waals surface area contributed by atoms with Gasteiger partial charge in [0.15, 0.2) is 0 Å². The van der Waals surface area contributed by atoms with Crippen molar-refractivity contribution in [2.45, 2.75) is 30.5 Å². The van der Waals surface area contributed by atoms with Crippen LogP contribution in [0.5, 0.6) is 0 Å². The highest BCUT2D eigenvalue weighted by Crippen LogP contribution is 2.34. The lowest BCUT2D eigenvalue weighted by Gasteiger charge is -2.33. The van der Waals surface area contributed by atoms with E-state index in [9.17, 15) is 31.2 Å². The molecule has 3 N–H and O–H groups in total. The monoisotopic (exact) mass is 379 g/mol. The van der Waals surface area contributed by atoms with Gasteiger partial charge in [0.05, 0.1) is 16.9 Å². The van der Waals surface area contributed by atoms with Gasteiger partial charge in [0.1, 0.15) is 6.04 Å². The van der Waals surface area contributed by atoms with Gasteiger partial charge in [0.2, 0.25) is 21.8 Å². The molecule has 0 unspecified atom stereocenters. The highest BCUT2D eigenvalue weighted by molar-refractivity contribution is 7.89. The van der Waals surface area contributed by atoms with Gasteiger partial charge in [0.25, 0.3) is 0 Å². The van der Waals surface area contributed by atoms with Crippen molar-refractivity contribution in [1.82, 2.24) is 9.62 Å². The molecule has 0 saturated carbocycles. The lowest BCUT2D eigenvalue weighted by atomic mass is 10.1. The zero-order valence-electron chi connectivity index (χ0n) is 13.1. The summed E-state index contributed by atoms with van der Waals surface area (Å²) >= 11 is 0. The Morgan fingerprint density at radius 3 is 2.60 bits per heavy atom. The first kappa shape index (κ1) is 19.2. The fourth-order valence-electron chi connectivity index (χ4n) is 2.57. The van der Waals surface area contributed by atoms with Gasteiger partial charge in [-0.3, -0.25) is 9.59 Å². The lowest BCUT2D eigenvalue weighted by molar-refractivity contribution is -0.138. The molecule has 0 aliphatic carbocycles. The van der Waals surface area contributed by atoms with E-state index in [0.717, 1.165) is 12.1 Å². The molecule has 0 spiro atoms. The van der Waals surface area contributed by atoms with Gasteiger partial charge >= 0.3 is 6.18 Å². The standard InChI is InChI=1S/C14H16F3N3O4S/c1-8-2-3-9(6-10(8)14(15,16)17)25(23,24)20-5-4-19-13(22)11(20)7-12(18)21/h2-3,6,11H,4-5,7H2,1H3,(H2,18,21)(H,19,22)/t11-/m1/s1. The highest BCUT2D eigenvalue weighted by atomic mass is 32.2. The van der Waals surface area contributed by atoms with Crippen LogP contribution >= 0.6 is 0 Å². The summed E-state index contributed by atoms with van der Waals surface area (Å²) in [6.07, 6.45) is -5.29. The highest BCUT2D eigenvalue weighted by Gasteiger charge is 2.40. The number of benzene rings is 1. The molecule has 1 aliphatic rings. The maximum Gasteiger partial charge on any atom is 0.416 e. The molecule has 25 heavy (non-hydrogen) atoms. The van der Waals surface area contributed by atoms with E-state index < -0.39 is 50.9 Å². The number of nitrogens with one attached hydrogen (secondary N) is 1. The maximum absolute atomic E-state index is 13.0. The number of halogens is 3. The van der Waals surface area contributed by atoms with Crippen LogP contribution in [0, 0.1) is 6.92 Å². The maximum atomic E-state index is 13.0. The minimum absolute atomic E-state index is 0.0225. The number of carbonyl (C=O) groups is 2. The molecule has 1 atom stereocenters. The van der Waals surface area contributed by atoms with Crippen LogP contribution in [0.15, 0.2) is 23.1 Å². The molecule has 1 aliphatic heterocycles. The number of amides is 2. The van der Waals surface area contributed by atoms with Crippen molar-refractivity contribution in [2.24, 2.45) is 5.73 Å². The van der Waals surface area contributed by atoms with Gasteiger partial charge in [-0.2, -0.15) is 17.5 Å². The summed E-state index contributed by atoms with van der Waals surface area (Å²) in [6.45, 7) is 1.01. The number of piperazine rings is 1. The number of sulfonamides is 1. The second-order valence-electron chi connectivity index (χ2n) is 5.57. The molecule has 1 aromatic carbocycles. The van der Waals surface area contributed by atoms with E-state index in [2.05, 4.69) is 5.32 Å². The second kappa shape index (κ2) is 6.64. The van der Waals surface area contributed by atoms with Gasteiger partial charge in [-0.05, 0) is 24.6 Å². The lowest BCUT2D eigenvalue weighted by Crippen LogP contribution is -2.58. The fourth-order valence-corrected chi connectivity index (χ4v) is 4.18. The summed E-state index contributed by atoms with van der Waals surface area (Å²) in [5, 5.41) is 2.40. The normalized spacial score (nSPS) is 19.5. The molecule has 2 rings (SSSR count). The molecule has 1 aromatic rings. The van der Waals surface area contributed by atoms with E-state index in [1.807, 2.05) is 0 Å². The smallest absolute Gasteiger partial charge is 0.370 e. The van der Waals surface area contributed by atoms with E-state index in [-0.39, 0.29) is 18.7 Å². The average molecular weight is 379 g/mol. The summed E-state index contributed by atoms with van der Waals surface area (Å²) in [6, 6.07) is 1.21. The Morgan fingerprint density at radius 1 is 1.40 bits per heavy atom. The minimum atomic E-state index is -4.72. The molecule has 0 radical (unpaired) electrons. The Bertz CT molecular complexity index is 808. The van der Waals surface area contributed by atoms with Crippen LogP contribution in [0.1, 0.15) is 17.5 Å². The first-order valence-corrected chi connectivity index (χ1v) is 8.64. The topological polar surface area (TPSA) is 110 Å². The van der Waals surface area contributed by atoms with E-state index in [0.29, 0.717) is 10.4 Å². The third-order valence-electron chi connectivity index (χ3n) is 3.80. The first-order valence-electron chi connectivity index (χ1n) is 7.20. The predicted molar refractivity (Wildman–Crippen MR) is 80.7 cm³/mol. The van der Waals surface area contributed by atoms with Crippen molar-refractivity contribution in [3.8, 4) is 0 Å². The van der Waals surface area contributed by atoms with Gasteiger partial charge < -0.3 is 11.1 Å². The number of rotatable bonds is 4. The van der Waals surface area contributed by atoms with Crippen LogP contribution in [-0.4, -0.2) is 43.7 Å². The Labute approximate surface area is 142 Å². The molecular weight excluding hydrogens is 363 g/mol. The Balaban J connectivity index is 2.49. The third-order valence-corrected chi connectivity index (χ3v) is 5.70. The van der Waals surface area contributed by atoms with Crippen LogP contribution in [0.3, 0.4) is 0 Å².